The summed E-state index contributed by atoms with van der Waals surface area (Å²) in [6.07, 6.45) is -4.38. The summed E-state index contributed by atoms with van der Waals surface area (Å²) in [5.41, 5.74) is 6.90. The van der Waals surface area contributed by atoms with Crippen LogP contribution in [0.5, 0.6) is 0 Å². The average Bonchev–Trinajstić information content (AvgIpc) is 2.10. The Balaban J connectivity index is 3.17. The van der Waals surface area contributed by atoms with Crippen LogP contribution >= 0.6 is 22.6 Å². The molecule has 1 aromatic carbocycles. The molecule has 0 aliphatic rings. The number of rotatable bonds is 1. The third-order valence-electron chi connectivity index (χ3n) is 2.17. The Labute approximate surface area is 100.0 Å². The van der Waals surface area contributed by atoms with Crippen molar-refractivity contribution in [2.24, 2.45) is 5.73 Å². The highest BCUT2D eigenvalue weighted by Gasteiger charge is 2.38. The van der Waals surface area contributed by atoms with E-state index in [9.17, 15) is 13.2 Å². The molecule has 0 radical (unpaired) electrons. The SMILES string of the molecule is Cc1cc([C@H](N)C(F)(F)F)cc(C)c1I. The van der Waals surface area contributed by atoms with Crippen LogP contribution in [0.3, 0.4) is 0 Å². The Bertz CT molecular complexity index is 350. The fourth-order valence-corrected chi connectivity index (χ4v) is 1.66. The van der Waals surface area contributed by atoms with Crippen LogP contribution in [0.2, 0.25) is 0 Å². The monoisotopic (exact) mass is 329 g/mol. The van der Waals surface area contributed by atoms with Gasteiger partial charge in [-0.25, -0.2) is 0 Å². The Hall–Kier alpha value is -0.300. The summed E-state index contributed by atoms with van der Waals surface area (Å²) in [5.74, 6) is 0. The van der Waals surface area contributed by atoms with Crippen molar-refractivity contribution >= 4 is 22.6 Å². The second-order valence-electron chi connectivity index (χ2n) is 3.49. The number of halogens is 4. The minimum atomic E-state index is -4.38. The second-order valence-corrected chi connectivity index (χ2v) is 4.57. The number of alkyl halides is 3. The fraction of sp³-hybridized carbons (Fsp3) is 0.400. The zero-order chi connectivity index (χ0) is 11.8. The standard InChI is InChI=1S/C10H11F3IN/c1-5-3-7(4-6(2)8(5)14)9(15)10(11,12)13/h3-4,9H,15H2,1-2H3/t9-/m0/s1. The van der Waals surface area contributed by atoms with Crippen molar-refractivity contribution in [1.29, 1.82) is 0 Å². The quantitative estimate of drug-likeness (QED) is 0.785. The highest BCUT2D eigenvalue weighted by molar-refractivity contribution is 14.1. The van der Waals surface area contributed by atoms with Gasteiger partial charge in [0, 0.05) is 3.57 Å². The molecule has 0 aromatic heterocycles. The number of aryl methyl sites for hydroxylation is 2. The van der Waals surface area contributed by atoms with Gasteiger partial charge in [-0.05, 0) is 53.1 Å². The summed E-state index contributed by atoms with van der Waals surface area (Å²) in [6, 6.07) is 1.09. The van der Waals surface area contributed by atoms with Crippen molar-refractivity contribution in [1.82, 2.24) is 0 Å². The van der Waals surface area contributed by atoms with Gasteiger partial charge < -0.3 is 5.73 Å². The molecule has 0 heterocycles. The van der Waals surface area contributed by atoms with Gasteiger partial charge in [0.2, 0.25) is 0 Å². The molecule has 0 unspecified atom stereocenters. The van der Waals surface area contributed by atoms with E-state index in [2.05, 4.69) is 22.6 Å². The normalized spacial score (nSPS) is 14.1. The molecule has 0 saturated carbocycles. The maximum atomic E-state index is 12.4. The van der Waals surface area contributed by atoms with E-state index >= 15 is 0 Å². The Morgan fingerprint density at radius 3 is 1.93 bits per heavy atom. The molecule has 0 fully saturated rings. The van der Waals surface area contributed by atoms with Crippen LogP contribution in [0.25, 0.3) is 0 Å². The van der Waals surface area contributed by atoms with Gasteiger partial charge in [-0.15, -0.1) is 0 Å². The molecule has 5 heteroatoms. The maximum absolute atomic E-state index is 12.4. The first kappa shape index (κ1) is 12.8. The van der Waals surface area contributed by atoms with Gasteiger partial charge in [-0.3, -0.25) is 0 Å². The highest BCUT2D eigenvalue weighted by atomic mass is 127. The van der Waals surface area contributed by atoms with Gasteiger partial charge in [0.05, 0.1) is 0 Å². The van der Waals surface area contributed by atoms with Gasteiger partial charge in [0.15, 0.2) is 0 Å². The van der Waals surface area contributed by atoms with Crippen LogP contribution in [0.4, 0.5) is 13.2 Å². The summed E-state index contributed by atoms with van der Waals surface area (Å²) in [6.45, 7) is 3.56. The summed E-state index contributed by atoms with van der Waals surface area (Å²) in [7, 11) is 0. The van der Waals surface area contributed by atoms with E-state index in [0.717, 1.165) is 14.7 Å². The van der Waals surface area contributed by atoms with Crippen molar-refractivity contribution < 1.29 is 13.2 Å². The van der Waals surface area contributed by atoms with Crippen LogP contribution in [-0.2, 0) is 0 Å². The van der Waals surface area contributed by atoms with Crippen molar-refractivity contribution in [3.63, 3.8) is 0 Å². The van der Waals surface area contributed by atoms with E-state index < -0.39 is 12.2 Å². The molecule has 0 aliphatic heterocycles. The molecule has 0 saturated heterocycles. The first-order valence-corrected chi connectivity index (χ1v) is 5.40. The molecule has 84 valence electrons. The highest BCUT2D eigenvalue weighted by Crippen LogP contribution is 2.32. The number of hydrogen-bond donors (Lipinski definition) is 1. The molecule has 1 nitrogen and oxygen atoms in total. The van der Waals surface area contributed by atoms with Crippen LogP contribution in [0.15, 0.2) is 12.1 Å². The number of benzene rings is 1. The first-order chi connectivity index (χ1) is 6.73. The van der Waals surface area contributed by atoms with Gasteiger partial charge in [0.1, 0.15) is 6.04 Å². The molecule has 1 aromatic rings. The Kier molecular flexibility index (Phi) is 3.65. The third-order valence-corrected chi connectivity index (χ3v) is 3.87. The summed E-state index contributed by atoms with van der Waals surface area (Å²) < 4.78 is 38.1. The minimum absolute atomic E-state index is 0.123. The second kappa shape index (κ2) is 4.29. The zero-order valence-electron chi connectivity index (χ0n) is 8.32. The molecule has 0 bridgehead atoms. The van der Waals surface area contributed by atoms with Crippen LogP contribution in [-0.4, -0.2) is 6.18 Å². The van der Waals surface area contributed by atoms with E-state index in [0.29, 0.717) is 0 Å². The molecule has 0 amide bonds. The Morgan fingerprint density at radius 2 is 1.60 bits per heavy atom. The molecule has 15 heavy (non-hydrogen) atoms. The molecular formula is C10H11F3IN. The van der Waals surface area contributed by atoms with Crippen molar-refractivity contribution in [3.05, 3.63) is 32.4 Å². The fourth-order valence-electron chi connectivity index (χ4n) is 1.35. The van der Waals surface area contributed by atoms with E-state index in [1.54, 1.807) is 13.8 Å². The largest absolute Gasteiger partial charge is 0.407 e. The lowest BCUT2D eigenvalue weighted by molar-refractivity contribution is -0.149. The molecule has 1 rings (SSSR count). The van der Waals surface area contributed by atoms with Crippen molar-refractivity contribution in [2.75, 3.05) is 0 Å². The zero-order valence-corrected chi connectivity index (χ0v) is 10.5. The summed E-state index contributed by atoms with van der Waals surface area (Å²) >= 11 is 2.11. The predicted octanol–water partition coefficient (Wildman–Crippen LogP) is 3.47. The van der Waals surface area contributed by atoms with Crippen LogP contribution < -0.4 is 5.73 Å². The minimum Gasteiger partial charge on any atom is -0.316 e. The van der Waals surface area contributed by atoms with Crippen molar-refractivity contribution in [3.8, 4) is 0 Å². The van der Waals surface area contributed by atoms with E-state index in [1.807, 2.05) is 0 Å². The molecule has 1 atom stereocenters. The first-order valence-electron chi connectivity index (χ1n) is 4.32. The number of hydrogen-bond acceptors (Lipinski definition) is 1. The van der Waals surface area contributed by atoms with Crippen LogP contribution in [0, 0.1) is 17.4 Å². The molecular weight excluding hydrogens is 318 g/mol. The van der Waals surface area contributed by atoms with Gasteiger partial charge >= 0.3 is 6.18 Å². The van der Waals surface area contributed by atoms with Gasteiger partial charge in [0.25, 0.3) is 0 Å². The van der Waals surface area contributed by atoms with Gasteiger partial charge in [-0.1, -0.05) is 12.1 Å². The molecule has 0 aliphatic carbocycles. The topological polar surface area (TPSA) is 26.0 Å². The molecule has 2 N–H and O–H groups in total. The molecule has 0 spiro atoms. The average molecular weight is 329 g/mol. The summed E-state index contributed by atoms with van der Waals surface area (Å²) in [5, 5.41) is 0. The van der Waals surface area contributed by atoms with Crippen molar-refractivity contribution in [2.45, 2.75) is 26.1 Å². The van der Waals surface area contributed by atoms with Crippen LogP contribution in [0.1, 0.15) is 22.7 Å². The lowest BCUT2D eigenvalue weighted by Crippen LogP contribution is -2.28. The number of nitrogens with two attached hydrogens (primary N) is 1. The third kappa shape index (κ3) is 2.84. The van der Waals surface area contributed by atoms with E-state index in [-0.39, 0.29) is 5.56 Å². The maximum Gasteiger partial charge on any atom is 0.407 e. The lowest BCUT2D eigenvalue weighted by Gasteiger charge is -2.17. The lowest BCUT2D eigenvalue weighted by atomic mass is 10.0. The van der Waals surface area contributed by atoms with E-state index in [4.69, 9.17) is 5.73 Å². The smallest absolute Gasteiger partial charge is 0.316 e. The Morgan fingerprint density at radius 1 is 1.20 bits per heavy atom. The summed E-state index contributed by atoms with van der Waals surface area (Å²) in [4.78, 5) is 0. The van der Waals surface area contributed by atoms with Gasteiger partial charge in [-0.2, -0.15) is 13.2 Å². The predicted molar refractivity (Wildman–Crippen MR) is 61.6 cm³/mol. The van der Waals surface area contributed by atoms with E-state index in [1.165, 1.54) is 12.1 Å².